The summed E-state index contributed by atoms with van der Waals surface area (Å²) in [6, 6.07) is 4.59. The van der Waals surface area contributed by atoms with Gasteiger partial charge in [-0.15, -0.1) is 0 Å². The van der Waals surface area contributed by atoms with Crippen molar-refractivity contribution in [2.24, 2.45) is 0 Å². The van der Waals surface area contributed by atoms with E-state index in [4.69, 9.17) is 4.74 Å². The highest BCUT2D eigenvalue weighted by Crippen LogP contribution is 2.23. The number of ether oxygens (including phenoxy) is 1. The van der Waals surface area contributed by atoms with Crippen molar-refractivity contribution in [1.29, 1.82) is 0 Å². The van der Waals surface area contributed by atoms with E-state index >= 15 is 0 Å². The average Bonchev–Trinajstić information content (AvgIpc) is 2.20. The van der Waals surface area contributed by atoms with Crippen molar-refractivity contribution in [3.8, 4) is 11.5 Å². The molecule has 0 aromatic heterocycles. The summed E-state index contributed by atoms with van der Waals surface area (Å²) in [6.07, 6.45) is 0. The first-order valence-electron chi connectivity index (χ1n) is 4.53. The molecule has 0 unspecified atom stereocenters. The summed E-state index contributed by atoms with van der Waals surface area (Å²) in [5, 5.41) is 9.29. The molecule has 0 radical (unpaired) electrons. The molecule has 0 atom stereocenters. The first kappa shape index (κ1) is 12.5. The van der Waals surface area contributed by atoms with Crippen LogP contribution < -0.4 is 4.74 Å². The molecule has 3 heteroatoms. The van der Waals surface area contributed by atoms with Crippen LogP contribution in [0.15, 0.2) is 18.2 Å². The molecule has 0 spiro atoms. The molecule has 1 N–H and O–H groups in total. The number of hydrogen-bond donors (Lipinski definition) is 1. The summed E-state index contributed by atoms with van der Waals surface area (Å²) in [6.45, 7) is 5.40. The molecule has 1 rings (SSSR count). The van der Waals surface area contributed by atoms with Crippen molar-refractivity contribution >= 4 is 5.78 Å². The fraction of sp³-hybridized carbons (Fsp3) is 0.364. The van der Waals surface area contributed by atoms with Crippen LogP contribution >= 0.6 is 0 Å². The number of benzene rings is 1. The Morgan fingerprint density at radius 2 is 1.93 bits per heavy atom. The second-order valence-corrected chi connectivity index (χ2v) is 2.44. The van der Waals surface area contributed by atoms with Crippen LogP contribution in [-0.2, 0) is 0 Å². The minimum atomic E-state index is -0.157. The fourth-order valence-corrected chi connectivity index (χ4v) is 0.936. The topological polar surface area (TPSA) is 46.5 Å². The minimum Gasteiger partial charge on any atom is -0.507 e. The maximum Gasteiger partial charge on any atom is 0.163 e. The second-order valence-electron chi connectivity index (χ2n) is 2.44. The van der Waals surface area contributed by atoms with Crippen LogP contribution in [0.25, 0.3) is 0 Å². The van der Waals surface area contributed by atoms with E-state index < -0.39 is 0 Å². The number of carbonyl (C=O) groups excluding carboxylic acids is 1. The summed E-state index contributed by atoms with van der Waals surface area (Å²) >= 11 is 0. The number of aromatic hydroxyl groups is 1. The van der Waals surface area contributed by atoms with Gasteiger partial charge in [0.2, 0.25) is 0 Å². The largest absolute Gasteiger partial charge is 0.507 e. The van der Waals surface area contributed by atoms with Crippen LogP contribution in [0.5, 0.6) is 11.5 Å². The van der Waals surface area contributed by atoms with Crippen molar-refractivity contribution < 1.29 is 14.6 Å². The SMILES string of the molecule is CC.COc1ccc(C(C)=O)c(O)c1. The monoisotopic (exact) mass is 196 g/mol. The van der Waals surface area contributed by atoms with Crippen LogP contribution in [0, 0.1) is 0 Å². The summed E-state index contributed by atoms with van der Waals surface area (Å²) < 4.78 is 4.86. The first-order chi connectivity index (χ1) is 6.65. The Kier molecular flexibility index (Phi) is 5.37. The first-order valence-corrected chi connectivity index (χ1v) is 4.53. The van der Waals surface area contributed by atoms with Gasteiger partial charge in [-0.05, 0) is 19.1 Å². The van der Waals surface area contributed by atoms with Gasteiger partial charge in [-0.3, -0.25) is 4.79 Å². The number of Topliss-reactive ketones (excluding diaryl/α,β-unsaturated/α-hetero) is 1. The quantitative estimate of drug-likeness (QED) is 0.739. The lowest BCUT2D eigenvalue weighted by Crippen LogP contribution is -1.92. The van der Waals surface area contributed by atoms with E-state index in [1.54, 1.807) is 6.07 Å². The summed E-state index contributed by atoms with van der Waals surface area (Å²) in [5.74, 6) is 0.342. The number of methoxy groups -OCH3 is 1. The Morgan fingerprint density at radius 1 is 1.36 bits per heavy atom. The van der Waals surface area contributed by atoms with E-state index in [-0.39, 0.29) is 11.5 Å². The molecule has 1 aromatic rings. The molecule has 0 amide bonds. The molecule has 0 bridgehead atoms. The Hall–Kier alpha value is -1.51. The van der Waals surface area contributed by atoms with Gasteiger partial charge in [0.1, 0.15) is 11.5 Å². The van der Waals surface area contributed by atoms with Gasteiger partial charge in [0.15, 0.2) is 5.78 Å². The number of hydrogen-bond acceptors (Lipinski definition) is 3. The van der Waals surface area contributed by atoms with E-state index in [2.05, 4.69) is 0 Å². The predicted octanol–water partition coefficient (Wildman–Crippen LogP) is 2.63. The normalized spacial score (nSPS) is 8.57. The van der Waals surface area contributed by atoms with Crippen molar-refractivity contribution in [3.05, 3.63) is 23.8 Å². The van der Waals surface area contributed by atoms with Gasteiger partial charge < -0.3 is 9.84 Å². The third-order valence-corrected chi connectivity index (χ3v) is 1.58. The molecule has 0 heterocycles. The average molecular weight is 196 g/mol. The highest BCUT2D eigenvalue weighted by atomic mass is 16.5. The van der Waals surface area contributed by atoms with Crippen LogP contribution in [0.4, 0.5) is 0 Å². The molecular weight excluding hydrogens is 180 g/mol. The lowest BCUT2D eigenvalue weighted by atomic mass is 10.1. The maximum absolute atomic E-state index is 10.9. The third kappa shape index (κ3) is 3.09. The molecule has 1 aromatic carbocycles. The Labute approximate surface area is 84.3 Å². The number of ketones is 1. The summed E-state index contributed by atoms with van der Waals surface area (Å²) in [7, 11) is 1.50. The van der Waals surface area contributed by atoms with Gasteiger partial charge in [0, 0.05) is 6.07 Å². The molecule has 0 fully saturated rings. The maximum atomic E-state index is 10.9. The van der Waals surface area contributed by atoms with E-state index in [1.165, 1.54) is 26.2 Å². The van der Waals surface area contributed by atoms with E-state index in [0.29, 0.717) is 11.3 Å². The summed E-state index contributed by atoms with van der Waals surface area (Å²) in [5.41, 5.74) is 0.316. The summed E-state index contributed by atoms with van der Waals surface area (Å²) in [4.78, 5) is 10.9. The van der Waals surface area contributed by atoms with Crippen LogP contribution in [0.1, 0.15) is 31.1 Å². The minimum absolute atomic E-state index is 0.0400. The third-order valence-electron chi connectivity index (χ3n) is 1.58. The van der Waals surface area contributed by atoms with Crippen molar-refractivity contribution in [3.63, 3.8) is 0 Å². The number of phenols is 1. The van der Waals surface area contributed by atoms with Gasteiger partial charge in [-0.25, -0.2) is 0 Å². The second kappa shape index (κ2) is 6.02. The lowest BCUT2D eigenvalue weighted by Gasteiger charge is -2.02. The molecule has 78 valence electrons. The van der Waals surface area contributed by atoms with E-state index in [0.717, 1.165) is 0 Å². The van der Waals surface area contributed by atoms with Crippen LogP contribution in [-0.4, -0.2) is 18.0 Å². The molecule has 0 aliphatic carbocycles. The molecule has 0 saturated heterocycles. The molecule has 0 aliphatic rings. The number of carbonyl (C=O) groups is 1. The van der Waals surface area contributed by atoms with Gasteiger partial charge in [0.25, 0.3) is 0 Å². The molecule has 0 aliphatic heterocycles. The predicted molar refractivity (Wildman–Crippen MR) is 56.0 cm³/mol. The zero-order valence-corrected chi connectivity index (χ0v) is 9.00. The van der Waals surface area contributed by atoms with E-state index in [1.807, 2.05) is 13.8 Å². The lowest BCUT2D eigenvalue weighted by molar-refractivity contribution is 0.101. The zero-order chi connectivity index (χ0) is 11.1. The van der Waals surface area contributed by atoms with Crippen LogP contribution in [0.3, 0.4) is 0 Å². The highest BCUT2D eigenvalue weighted by molar-refractivity contribution is 5.96. The van der Waals surface area contributed by atoms with Gasteiger partial charge >= 0.3 is 0 Å². The number of phenolic OH excluding ortho intramolecular Hbond substituents is 1. The molecule has 14 heavy (non-hydrogen) atoms. The van der Waals surface area contributed by atoms with Crippen molar-refractivity contribution in [2.75, 3.05) is 7.11 Å². The Balaban J connectivity index is 0.000000791. The number of rotatable bonds is 2. The molecule has 3 nitrogen and oxygen atoms in total. The molecule has 0 saturated carbocycles. The van der Waals surface area contributed by atoms with Gasteiger partial charge in [-0.1, -0.05) is 13.8 Å². The standard InChI is InChI=1S/C9H10O3.C2H6/c1-6(10)8-4-3-7(12-2)5-9(8)11;1-2/h3-5,11H,1-2H3;1-2H3. The molecular formula is C11H16O3. The van der Waals surface area contributed by atoms with Crippen LogP contribution in [0.2, 0.25) is 0 Å². The highest BCUT2D eigenvalue weighted by Gasteiger charge is 2.06. The Morgan fingerprint density at radius 3 is 2.29 bits per heavy atom. The Bertz CT molecular complexity index is 305. The van der Waals surface area contributed by atoms with Crippen molar-refractivity contribution in [1.82, 2.24) is 0 Å². The zero-order valence-electron chi connectivity index (χ0n) is 9.00. The smallest absolute Gasteiger partial charge is 0.163 e. The van der Waals surface area contributed by atoms with E-state index in [9.17, 15) is 9.90 Å². The van der Waals surface area contributed by atoms with Gasteiger partial charge in [0.05, 0.1) is 12.7 Å². The van der Waals surface area contributed by atoms with Gasteiger partial charge in [-0.2, -0.15) is 0 Å². The fourth-order valence-electron chi connectivity index (χ4n) is 0.936. The van der Waals surface area contributed by atoms with Crippen molar-refractivity contribution in [2.45, 2.75) is 20.8 Å².